The lowest BCUT2D eigenvalue weighted by Gasteiger charge is -2.13. The number of hydrogen-bond acceptors (Lipinski definition) is 3. The first-order valence-electron chi connectivity index (χ1n) is 9.29. The molecule has 0 aliphatic heterocycles. The predicted octanol–water partition coefficient (Wildman–Crippen LogP) is 6.89. The Labute approximate surface area is 191 Å². The van der Waals surface area contributed by atoms with Crippen LogP contribution in [0.15, 0.2) is 54.6 Å². The molecule has 0 radical (unpaired) electrons. The quantitative estimate of drug-likeness (QED) is 0.401. The fourth-order valence-electron chi connectivity index (χ4n) is 2.80. The van der Waals surface area contributed by atoms with Gasteiger partial charge in [-0.1, -0.05) is 53.0 Å². The van der Waals surface area contributed by atoms with Gasteiger partial charge in [0.15, 0.2) is 6.61 Å². The number of rotatable bonds is 7. The lowest BCUT2D eigenvalue weighted by Crippen LogP contribution is -2.20. The molecule has 156 valence electrons. The second kappa shape index (κ2) is 10.1. The summed E-state index contributed by atoms with van der Waals surface area (Å²) < 4.78 is 5.59. The molecule has 0 aromatic heterocycles. The number of hydrogen-bond donors (Lipinski definition) is 2. The van der Waals surface area contributed by atoms with E-state index >= 15 is 0 Å². The van der Waals surface area contributed by atoms with Crippen molar-refractivity contribution in [2.24, 2.45) is 0 Å². The third-order valence-electron chi connectivity index (χ3n) is 4.65. The molecule has 30 heavy (non-hydrogen) atoms. The van der Waals surface area contributed by atoms with Gasteiger partial charge in [0.2, 0.25) is 0 Å². The van der Waals surface area contributed by atoms with Crippen LogP contribution in [-0.2, 0) is 11.3 Å². The molecule has 0 aliphatic rings. The van der Waals surface area contributed by atoms with Crippen molar-refractivity contribution in [2.75, 3.05) is 17.2 Å². The second-order valence-corrected chi connectivity index (χ2v) is 8.05. The summed E-state index contributed by atoms with van der Waals surface area (Å²) in [6, 6.07) is 16.5. The van der Waals surface area contributed by atoms with E-state index in [1.165, 1.54) is 0 Å². The van der Waals surface area contributed by atoms with Crippen LogP contribution in [0.5, 0.6) is 5.75 Å². The van der Waals surface area contributed by atoms with Gasteiger partial charge in [0.05, 0.1) is 15.1 Å². The second-order valence-electron chi connectivity index (χ2n) is 6.83. The molecular formula is C23H21Cl3N2O2. The Morgan fingerprint density at radius 1 is 0.933 bits per heavy atom. The summed E-state index contributed by atoms with van der Waals surface area (Å²) in [5.74, 6) is 0.205. The van der Waals surface area contributed by atoms with Gasteiger partial charge < -0.3 is 15.4 Å². The molecule has 0 bridgehead atoms. The zero-order chi connectivity index (χ0) is 21.7. The average molecular weight is 464 g/mol. The Morgan fingerprint density at radius 3 is 2.47 bits per heavy atom. The van der Waals surface area contributed by atoms with E-state index in [0.29, 0.717) is 27.4 Å². The van der Waals surface area contributed by atoms with Gasteiger partial charge in [0.25, 0.3) is 5.91 Å². The molecule has 0 saturated heterocycles. The smallest absolute Gasteiger partial charge is 0.262 e. The van der Waals surface area contributed by atoms with Gasteiger partial charge in [-0.05, 0) is 66.9 Å². The molecule has 0 saturated carbocycles. The number of halogens is 3. The van der Waals surface area contributed by atoms with Crippen LogP contribution in [0, 0.1) is 13.8 Å². The van der Waals surface area contributed by atoms with Crippen LogP contribution < -0.4 is 15.4 Å². The van der Waals surface area contributed by atoms with Gasteiger partial charge in [-0.25, -0.2) is 0 Å². The van der Waals surface area contributed by atoms with Crippen molar-refractivity contribution in [1.29, 1.82) is 0 Å². The lowest BCUT2D eigenvalue weighted by molar-refractivity contribution is -0.118. The normalized spacial score (nSPS) is 10.6. The molecule has 0 heterocycles. The molecule has 3 rings (SSSR count). The van der Waals surface area contributed by atoms with E-state index in [1.807, 2.05) is 44.2 Å². The van der Waals surface area contributed by atoms with Crippen molar-refractivity contribution < 1.29 is 9.53 Å². The number of ether oxygens (including phenoxy) is 1. The first-order chi connectivity index (χ1) is 14.3. The fraction of sp³-hybridized carbons (Fsp3) is 0.174. The molecular weight excluding hydrogens is 443 g/mol. The van der Waals surface area contributed by atoms with Crippen LogP contribution in [0.3, 0.4) is 0 Å². The highest BCUT2D eigenvalue weighted by Gasteiger charge is 2.09. The minimum atomic E-state index is -0.245. The molecule has 0 spiro atoms. The summed E-state index contributed by atoms with van der Waals surface area (Å²) in [6.07, 6.45) is 0. The highest BCUT2D eigenvalue weighted by atomic mass is 35.5. The molecule has 0 atom stereocenters. The molecule has 0 fully saturated rings. The van der Waals surface area contributed by atoms with Gasteiger partial charge in [-0.3, -0.25) is 4.79 Å². The standard InChI is InChI=1S/C23H21Cl3N2O2/c1-14-4-3-5-21(15(14)2)28-23(29)13-30-22-9-6-16(10-20(22)26)12-27-17-7-8-18(24)19(25)11-17/h3-11,27H,12-13H2,1-2H3,(H,28,29). The summed E-state index contributed by atoms with van der Waals surface area (Å²) in [4.78, 5) is 12.2. The van der Waals surface area contributed by atoms with Crippen molar-refractivity contribution in [1.82, 2.24) is 0 Å². The number of anilines is 2. The molecule has 3 aromatic rings. The molecule has 0 aliphatic carbocycles. The number of aryl methyl sites for hydroxylation is 1. The van der Waals surface area contributed by atoms with Crippen LogP contribution in [-0.4, -0.2) is 12.5 Å². The summed E-state index contributed by atoms with van der Waals surface area (Å²) in [5.41, 5.74) is 4.73. The van der Waals surface area contributed by atoms with Crippen LogP contribution in [0.25, 0.3) is 0 Å². The van der Waals surface area contributed by atoms with E-state index in [-0.39, 0.29) is 12.5 Å². The maximum absolute atomic E-state index is 12.2. The van der Waals surface area contributed by atoms with Crippen molar-refractivity contribution in [3.05, 3.63) is 86.4 Å². The third-order valence-corrected chi connectivity index (χ3v) is 5.68. The topological polar surface area (TPSA) is 50.4 Å². The number of benzene rings is 3. The Hall–Kier alpha value is -2.40. The van der Waals surface area contributed by atoms with E-state index in [9.17, 15) is 4.79 Å². The largest absolute Gasteiger partial charge is 0.482 e. The highest BCUT2D eigenvalue weighted by Crippen LogP contribution is 2.28. The number of carbonyl (C=O) groups excluding carboxylic acids is 1. The summed E-state index contributed by atoms with van der Waals surface area (Å²) in [7, 11) is 0. The minimum absolute atomic E-state index is 0.131. The minimum Gasteiger partial charge on any atom is -0.482 e. The Balaban J connectivity index is 1.55. The predicted molar refractivity (Wildman–Crippen MR) is 125 cm³/mol. The van der Waals surface area contributed by atoms with Crippen LogP contribution in [0.2, 0.25) is 15.1 Å². The maximum atomic E-state index is 12.2. The monoisotopic (exact) mass is 462 g/mol. The van der Waals surface area contributed by atoms with Crippen molar-refractivity contribution in [3.8, 4) is 5.75 Å². The molecule has 2 N–H and O–H groups in total. The fourth-order valence-corrected chi connectivity index (χ4v) is 3.35. The number of nitrogens with one attached hydrogen (secondary N) is 2. The zero-order valence-corrected chi connectivity index (χ0v) is 18.8. The molecule has 1 amide bonds. The van der Waals surface area contributed by atoms with Gasteiger partial charge in [0.1, 0.15) is 5.75 Å². The van der Waals surface area contributed by atoms with Gasteiger partial charge in [-0.15, -0.1) is 0 Å². The lowest BCUT2D eigenvalue weighted by atomic mass is 10.1. The summed E-state index contributed by atoms with van der Waals surface area (Å²) in [5, 5.41) is 7.55. The zero-order valence-electron chi connectivity index (χ0n) is 16.6. The van der Waals surface area contributed by atoms with Crippen LogP contribution in [0.1, 0.15) is 16.7 Å². The van der Waals surface area contributed by atoms with Crippen molar-refractivity contribution in [2.45, 2.75) is 20.4 Å². The van der Waals surface area contributed by atoms with E-state index in [1.54, 1.807) is 24.3 Å². The Bertz CT molecular complexity index is 1070. The molecule has 4 nitrogen and oxygen atoms in total. The van der Waals surface area contributed by atoms with Crippen LogP contribution in [0.4, 0.5) is 11.4 Å². The van der Waals surface area contributed by atoms with E-state index in [2.05, 4.69) is 10.6 Å². The summed E-state index contributed by atoms with van der Waals surface area (Å²) >= 11 is 18.3. The van der Waals surface area contributed by atoms with Crippen molar-refractivity contribution in [3.63, 3.8) is 0 Å². The Kier molecular flexibility index (Phi) is 7.48. The van der Waals surface area contributed by atoms with E-state index in [4.69, 9.17) is 39.5 Å². The number of amides is 1. The van der Waals surface area contributed by atoms with Gasteiger partial charge in [0, 0.05) is 17.9 Å². The number of carbonyl (C=O) groups is 1. The average Bonchev–Trinajstić information content (AvgIpc) is 2.71. The first kappa shape index (κ1) is 22.3. The summed E-state index contributed by atoms with van der Waals surface area (Å²) in [6.45, 7) is 4.38. The van der Waals surface area contributed by atoms with E-state index < -0.39 is 0 Å². The Morgan fingerprint density at radius 2 is 1.73 bits per heavy atom. The van der Waals surface area contributed by atoms with Gasteiger partial charge in [-0.2, -0.15) is 0 Å². The molecule has 0 unspecified atom stereocenters. The van der Waals surface area contributed by atoms with Crippen LogP contribution >= 0.6 is 34.8 Å². The molecule has 7 heteroatoms. The molecule has 3 aromatic carbocycles. The maximum Gasteiger partial charge on any atom is 0.262 e. The first-order valence-corrected chi connectivity index (χ1v) is 10.4. The van der Waals surface area contributed by atoms with E-state index in [0.717, 1.165) is 28.1 Å². The van der Waals surface area contributed by atoms with Gasteiger partial charge >= 0.3 is 0 Å². The van der Waals surface area contributed by atoms with Crippen molar-refractivity contribution >= 4 is 52.1 Å². The SMILES string of the molecule is Cc1cccc(NC(=O)COc2ccc(CNc3ccc(Cl)c(Cl)c3)cc2Cl)c1C. The third kappa shape index (κ3) is 5.82. The highest BCUT2D eigenvalue weighted by molar-refractivity contribution is 6.42.